The van der Waals surface area contributed by atoms with Gasteiger partial charge in [-0.2, -0.15) is 5.10 Å². The van der Waals surface area contributed by atoms with E-state index in [1.807, 2.05) is 0 Å². The van der Waals surface area contributed by atoms with Crippen molar-refractivity contribution in [3.8, 4) is 5.69 Å². The maximum absolute atomic E-state index is 13.9. The molecule has 26 heavy (non-hydrogen) atoms. The van der Waals surface area contributed by atoms with Gasteiger partial charge in [-0.15, -0.1) is 0 Å². The summed E-state index contributed by atoms with van der Waals surface area (Å²) in [6.07, 6.45) is 0.577. The number of rotatable bonds is 5. The van der Waals surface area contributed by atoms with E-state index in [4.69, 9.17) is 0 Å². The number of nitrogens with zero attached hydrogens (tertiary/aromatic N) is 3. The van der Waals surface area contributed by atoms with Crippen molar-refractivity contribution < 1.29 is 22.0 Å². The van der Waals surface area contributed by atoms with Gasteiger partial charge in [0.15, 0.2) is 17.3 Å². The normalized spacial score (nSPS) is 16.7. The minimum Gasteiger partial charge on any atom is -0.349 e. The maximum Gasteiger partial charge on any atom is 0.271 e. The van der Waals surface area contributed by atoms with E-state index >= 15 is 0 Å². The first-order chi connectivity index (χ1) is 12.3. The van der Waals surface area contributed by atoms with E-state index in [1.165, 1.54) is 16.4 Å². The van der Waals surface area contributed by atoms with Crippen LogP contribution in [0.4, 0.5) is 8.78 Å². The largest absolute Gasteiger partial charge is 0.349 e. The van der Waals surface area contributed by atoms with Gasteiger partial charge >= 0.3 is 0 Å². The third-order valence-corrected chi connectivity index (χ3v) is 6.08. The zero-order valence-electron chi connectivity index (χ0n) is 14.1. The van der Waals surface area contributed by atoms with Gasteiger partial charge in [-0.05, 0) is 31.5 Å². The van der Waals surface area contributed by atoms with Gasteiger partial charge < -0.3 is 5.32 Å². The van der Waals surface area contributed by atoms with Crippen LogP contribution in [0.5, 0.6) is 0 Å². The van der Waals surface area contributed by atoms with Crippen LogP contribution in [0.1, 0.15) is 22.6 Å². The summed E-state index contributed by atoms with van der Waals surface area (Å²) in [7, 11) is -3.22. The Morgan fingerprint density at radius 3 is 2.62 bits per heavy atom. The Balaban J connectivity index is 1.70. The third-order valence-electron chi connectivity index (χ3n) is 4.12. The molecular formula is C16H18F2N4O3S. The first kappa shape index (κ1) is 18.5. The van der Waals surface area contributed by atoms with Crippen LogP contribution in [0.3, 0.4) is 0 Å². The number of amides is 1. The fraction of sp³-hybridized carbons (Fsp3) is 0.375. The molecule has 3 rings (SSSR count). The van der Waals surface area contributed by atoms with Crippen LogP contribution in [0.2, 0.25) is 0 Å². The predicted octanol–water partition coefficient (Wildman–Crippen LogP) is 1.22. The van der Waals surface area contributed by atoms with Gasteiger partial charge in [-0.25, -0.2) is 26.2 Å². The van der Waals surface area contributed by atoms with Crippen LogP contribution in [0.25, 0.3) is 5.69 Å². The Morgan fingerprint density at radius 2 is 2.00 bits per heavy atom. The van der Waals surface area contributed by atoms with Crippen LogP contribution in [-0.4, -0.2) is 53.8 Å². The van der Waals surface area contributed by atoms with E-state index in [1.54, 1.807) is 6.92 Å². The monoisotopic (exact) mass is 384 g/mol. The molecule has 1 saturated heterocycles. The van der Waals surface area contributed by atoms with Crippen LogP contribution in [0.15, 0.2) is 24.3 Å². The Kier molecular flexibility index (Phi) is 5.05. The number of aryl methyl sites for hydroxylation is 1. The fourth-order valence-electron chi connectivity index (χ4n) is 2.83. The number of hydrogen-bond acceptors (Lipinski definition) is 4. The molecule has 0 bridgehead atoms. The van der Waals surface area contributed by atoms with Gasteiger partial charge in [-0.3, -0.25) is 4.79 Å². The minimum atomic E-state index is -3.22. The highest BCUT2D eigenvalue weighted by molar-refractivity contribution is 7.89. The van der Waals surface area contributed by atoms with Gasteiger partial charge in [0.2, 0.25) is 10.0 Å². The van der Waals surface area contributed by atoms with Crippen molar-refractivity contribution in [3.05, 3.63) is 47.3 Å². The number of carbonyl (C=O) groups is 1. The van der Waals surface area contributed by atoms with Crippen molar-refractivity contribution in [2.24, 2.45) is 0 Å². The highest BCUT2D eigenvalue weighted by Gasteiger charge is 2.27. The number of nitrogens with one attached hydrogen (secondary N) is 1. The van der Waals surface area contributed by atoms with Crippen molar-refractivity contribution in [2.45, 2.75) is 13.3 Å². The molecule has 140 valence electrons. The number of benzene rings is 1. The summed E-state index contributed by atoms with van der Waals surface area (Å²) in [4.78, 5) is 12.2. The Morgan fingerprint density at radius 1 is 1.31 bits per heavy atom. The summed E-state index contributed by atoms with van der Waals surface area (Å²) in [5.74, 6) is -2.00. The van der Waals surface area contributed by atoms with E-state index in [0.29, 0.717) is 18.7 Å². The van der Waals surface area contributed by atoms with E-state index in [9.17, 15) is 22.0 Å². The second kappa shape index (κ2) is 7.12. The summed E-state index contributed by atoms with van der Waals surface area (Å²) < 4.78 is 53.6. The van der Waals surface area contributed by atoms with Gasteiger partial charge in [0.05, 0.1) is 5.75 Å². The molecule has 0 saturated carbocycles. The smallest absolute Gasteiger partial charge is 0.271 e. The van der Waals surface area contributed by atoms with E-state index in [0.717, 1.165) is 16.8 Å². The average molecular weight is 384 g/mol. The Labute approximate surface area is 149 Å². The first-order valence-corrected chi connectivity index (χ1v) is 9.67. The lowest BCUT2D eigenvalue weighted by atomic mass is 10.3. The molecule has 2 heterocycles. The lowest BCUT2D eigenvalue weighted by Crippen LogP contribution is -2.36. The second-order valence-electron chi connectivity index (χ2n) is 5.98. The lowest BCUT2D eigenvalue weighted by Gasteiger charge is -2.14. The molecule has 1 aliphatic heterocycles. The molecule has 10 heteroatoms. The quantitative estimate of drug-likeness (QED) is 0.840. The van der Waals surface area contributed by atoms with E-state index < -0.39 is 27.6 Å². The van der Waals surface area contributed by atoms with Crippen molar-refractivity contribution in [1.82, 2.24) is 19.4 Å². The third kappa shape index (κ3) is 3.61. The summed E-state index contributed by atoms with van der Waals surface area (Å²) in [6, 6.07) is 4.87. The molecule has 0 radical (unpaired) electrons. The topological polar surface area (TPSA) is 84.3 Å². The zero-order valence-corrected chi connectivity index (χ0v) is 14.9. The molecule has 1 aliphatic rings. The molecule has 0 aliphatic carbocycles. The summed E-state index contributed by atoms with van der Waals surface area (Å²) in [5.41, 5.74) is 0.0305. The predicted molar refractivity (Wildman–Crippen MR) is 90.5 cm³/mol. The van der Waals surface area contributed by atoms with E-state index in [-0.39, 0.29) is 30.2 Å². The van der Waals surface area contributed by atoms with Crippen LogP contribution in [0, 0.1) is 18.6 Å². The van der Waals surface area contributed by atoms with Crippen molar-refractivity contribution in [2.75, 3.05) is 25.4 Å². The van der Waals surface area contributed by atoms with Crippen molar-refractivity contribution in [3.63, 3.8) is 0 Å². The molecule has 0 unspecified atom stereocenters. The van der Waals surface area contributed by atoms with Gasteiger partial charge in [0, 0.05) is 25.3 Å². The maximum atomic E-state index is 13.9. The molecule has 2 aromatic rings. The van der Waals surface area contributed by atoms with Gasteiger partial charge in [0.1, 0.15) is 5.69 Å². The SMILES string of the molecule is Cc1cc(C(=O)NCCN2CCCS2(=O)=O)nn1-c1c(F)cccc1F. The minimum absolute atomic E-state index is 0.00516. The molecule has 1 N–H and O–H groups in total. The number of halogens is 2. The van der Waals surface area contributed by atoms with Crippen molar-refractivity contribution >= 4 is 15.9 Å². The summed E-state index contributed by atoms with van der Waals surface area (Å²) in [6.45, 7) is 2.32. The Bertz CT molecular complexity index is 923. The second-order valence-corrected chi connectivity index (χ2v) is 8.07. The summed E-state index contributed by atoms with van der Waals surface area (Å²) in [5, 5.41) is 6.55. The molecule has 7 nitrogen and oxygen atoms in total. The zero-order chi connectivity index (χ0) is 18.9. The van der Waals surface area contributed by atoms with Crippen LogP contribution in [-0.2, 0) is 10.0 Å². The number of sulfonamides is 1. The molecule has 0 atom stereocenters. The number of para-hydroxylation sites is 1. The van der Waals surface area contributed by atoms with E-state index in [2.05, 4.69) is 10.4 Å². The highest BCUT2D eigenvalue weighted by atomic mass is 32.2. The van der Waals surface area contributed by atoms with Crippen molar-refractivity contribution in [1.29, 1.82) is 0 Å². The molecule has 1 fully saturated rings. The molecular weight excluding hydrogens is 366 g/mol. The standard InChI is InChI=1S/C16H18F2N4O3S/c1-11-10-14(20-22(11)15-12(17)4-2-5-13(15)18)16(23)19-6-8-21-7-3-9-26(21,24)25/h2,4-5,10H,3,6-9H2,1H3,(H,19,23). The van der Waals surface area contributed by atoms with Gasteiger partial charge in [0.25, 0.3) is 5.91 Å². The molecule has 1 aromatic carbocycles. The lowest BCUT2D eigenvalue weighted by molar-refractivity contribution is 0.0946. The molecule has 0 spiro atoms. The van der Waals surface area contributed by atoms with Gasteiger partial charge in [-0.1, -0.05) is 6.07 Å². The number of hydrogen-bond donors (Lipinski definition) is 1. The number of aromatic nitrogens is 2. The first-order valence-electron chi connectivity index (χ1n) is 8.06. The Hall–Kier alpha value is -2.33. The average Bonchev–Trinajstić information content (AvgIpc) is 3.10. The molecule has 1 aromatic heterocycles. The molecule has 1 amide bonds. The fourth-order valence-corrected chi connectivity index (χ4v) is 4.36. The highest BCUT2D eigenvalue weighted by Crippen LogP contribution is 2.19. The number of carbonyl (C=O) groups excluding carboxylic acids is 1. The summed E-state index contributed by atoms with van der Waals surface area (Å²) >= 11 is 0. The van der Waals surface area contributed by atoms with Crippen LogP contribution >= 0.6 is 0 Å². The van der Waals surface area contributed by atoms with Crippen LogP contribution < -0.4 is 5.32 Å².